The molecule has 1 aromatic rings. The molecule has 0 unspecified atom stereocenters. The third-order valence-electron chi connectivity index (χ3n) is 3.61. The number of piperidine rings is 1. The number of hydrogen-bond donors (Lipinski definition) is 0. The number of sulfonamides is 1. The Morgan fingerprint density at radius 1 is 1.00 bits per heavy atom. The van der Waals surface area contributed by atoms with E-state index in [-0.39, 0.29) is 9.79 Å². The van der Waals surface area contributed by atoms with E-state index < -0.39 is 19.9 Å². The predicted octanol–water partition coefficient (Wildman–Crippen LogP) is 1.51. The third-order valence-corrected chi connectivity index (χ3v) is 6.85. The molecule has 1 heterocycles. The highest BCUT2D eigenvalue weighted by molar-refractivity contribution is 7.93. The van der Waals surface area contributed by atoms with Gasteiger partial charge >= 0.3 is 0 Å². The Bertz CT molecular complexity index is 687. The summed E-state index contributed by atoms with van der Waals surface area (Å²) in [5, 5.41) is 0. The fraction of sp³-hybridized carbons (Fsp3) is 0.538. The van der Waals surface area contributed by atoms with Gasteiger partial charge in [0.05, 0.1) is 4.90 Å². The summed E-state index contributed by atoms with van der Waals surface area (Å²) in [6.07, 6.45) is 2.64. The van der Waals surface area contributed by atoms with Crippen molar-refractivity contribution in [2.45, 2.75) is 29.6 Å². The van der Waals surface area contributed by atoms with Crippen LogP contribution in [0.3, 0.4) is 0 Å². The zero-order valence-electron chi connectivity index (χ0n) is 11.6. The van der Waals surface area contributed by atoms with Gasteiger partial charge in [-0.15, -0.1) is 0 Å². The first-order valence-corrected chi connectivity index (χ1v) is 9.85. The van der Waals surface area contributed by atoms with Crippen molar-refractivity contribution in [3.05, 3.63) is 24.3 Å². The summed E-state index contributed by atoms with van der Waals surface area (Å²) < 4.78 is 50.1. The second kappa shape index (κ2) is 5.46. The van der Waals surface area contributed by atoms with E-state index in [1.54, 1.807) is 6.07 Å². The van der Waals surface area contributed by atoms with Crippen LogP contribution in [0.2, 0.25) is 0 Å². The molecule has 1 saturated heterocycles. The lowest BCUT2D eigenvalue weighted by atomic mass is 10.0. The maximum atomic E-state index is 12.6. The van der Waals surface area contributed by atoms with Crippen LogP contribution in [0.4, 0.5) is 0 Å². The molecule has 1 aromatic carbocycles. The molecule has 0 amide bonds. The Morgan fingerprint density at radius 2 is 1.50 bits per heavy atom. The molecule has 2 rings (SSSR count). The first-order chi connectivity index (χ1) is 9.23. The molecular formula is C13H19NO4S2. The van der Waals surface area contributed by atoms with E-state index >= 15 is 0 Å². The molecule has 0 N–H and O–H groups in total. The van der Waals surface area contributed by atoms with Crippen molar-refractivity contribution in [3.63, 3.8) is 0 Å². The molecule has 0 spiro atoms. The van der Waals surface area contributed by atoms with Crippen LogP contribution in [-0.2, 0) is 19.9 Å². The fourth-order valence-corrected chi connectivity index (χ4v) is 5.41. The van der Waals surface area contributed by atoms with E-state index in [1.807, 2.05) is 0 Å². The van der Waals surface area contributed by atoms with Crippen molar-refractivity contribution in [1.82, 2.24) is 4.31 Å². The lowest BCUT2D eigenvalue weighted by molar-refractivity contribution is 0.287. The Balaban J connectivity index is 2.46. The SMILES string of the molecule is CC1CCN(S(=O)(=O)c2ccccc2S(C)(=O)=O)CC1. The van der Waals surface area contributed by atoms with Gasteiger partial charge in [-0.05, 0) is 30.9 Å². The number of hydrogen-bond acceptors (Lipinski definition) is 4. The molecular weight excluding hydrogens is 298 g/mol. The van der Waals surface area contributed by atoms with Gasteiger partial charge < -0.3 is 0 Å². The van der Waals surface area contributed by atoms with E-state index in [4.69, 9.17) is 0 Å². The summed E-state index contributed by atoms with van der Waals surface area (Å²) in [4.78, 5) is -0.240. The average molecular weight is 317 g/mol. The highest BCUT2D eigenvalue weighted by Gasteiger charge is 2.31. The van der Waals surface area contributed by atoms with E-state index in [2.05, 4.69) is 6.92 Å². The maximum absolute atomic E-state index is 12.6. The normalized spacial score (nSPS) is 19.1. The van der Waals surface area contributed by atoms with E-state index in [1.165, 1.54) is 22.5 Å². The molecule has 0 atom stereocenters. The van der Waals surface area contributed by atoms with Crippen molar-refractivity contribution in [3.8, 4) is 0 Å². The largest absolute Gasteiger partial charge is 0.244 e. The fourth-order valence-electron chi connectivity index (χ4n) is 2.33. The molecule has 1 fully saturated rings. The molecule has 0 bridgehead atoms. The third kappa shape index (κ3) is 3.05. The molecule has 7 heteroatoms. The van der Waals surface area contributed by atoms with Crippen LogP contribution in [0.15, 0.2) is 34.1 Å². The van der Waals surface area contributed by atoms with E-state index in [9.17, 15) is 16.8 Å². The van der Waals surface area contributed by atoms with Crippen LogP contribution in [0.1, 0.15) is 19.8 Å². The average Bonchev–Trinajstić information content (AvgIpc) is 2.38. The van der Waals surface area contributed by atoms with Crippen LogP contribution < -0.4 is 0 Å². The zero-order chi connectivity index (χ0) is 15.0. The quantitative estimate of drug-likeness (QED) is 0.847. The molecule has 20 heavy (non-hydrogen) atoms. The molecule has 0 aromatic heterocycles. The first-order valence-electron chi connectivity index (χ1n) is 6.52. The van der Waals surface area contributed by atoms with Gasteiger partial charge in [0, 0.05) is 19.3 Å². The van der Waals surface area contributed by atoms with E-state index in [0.717, 1.165) is 19.1 Å². The summed E-state index contributed by atoms with van der Waals surface area (Å²) in [5.41, 5.74) is 0. The number of rotatable bonds is 3. The minimum atomic E-state index is -3.75. The summed E-state index contributed by atoms with van der Waals surface area (Å²) in [6, 6.07) is 5.79. The Morgan fingerprint density at radius 3 is 2.00 bits per heavy atom. The van der Waals surface area contributed by atoms with Gasteiger partial charge in [-0.3, -0.25) is 0 Å². The minimum absolute atomic E-state index is 0.114. The van der Waals surface area contributed by atoms with Crippen molar-refractivity contribution < 1.29 is 16.8 Å². The molecule has 5 nitrogen and oxygen atoms in total. The van der Waals surface area contributed by atoms with Crippen molar-refractivity contribution in [2.24, 2.45) is 5.92 Å². The first kappa shape index (κ1) is 15.5. The van der Waals surface area contributed by atoms with Crippen LogP contribution in [0.25, 0.3) is 0 Å². The second-order valence-corrected chi connectivity index (χ2v) is 9.20. The lowest BCUT2D eigenvalue weighted by Gasteiger charge is -2.29. The molecule has 0 saturated carbocycles. The molecule has 0 radical (unpaired) electrons. The van der Waals surface area contributed by atoms with Gasteiger partial charge in [-0.1, -0.05) is 19.1 Å². The van der Waals surface area contributed by atoms with Crippen molar-refractivity contribution in [1.29, 1.82) is 0 Å². The number of nitrogens with zero attached hydrogens (tertiary/aromatic N) is 1. The van der Waals surface area contributed by atoms with Crippen molar-refractivity contribution >= 4 is 19.9 Å². The summed E-state index contributed by atoms with van der Waals surface area (Å²) >= 11 is 0. The highest BCUT2D eigenvalue weighted by Crippen LogP contribution is 2.27. The van der Waals surface area contributed by atoms with Gasteiger partial charge in [-0.2, -0.15) is 4.31 Å². The van der Waals surface area contributed by atoms with Crippen LogP contribution in [-0.4, -0.2) is 40.5 Å². The molecule has 112 valence electrons. The van der Waals surface area contributed by atoms with Gasteiger partial charge in [0.2, 0.25) is 10.0 Å². The Hall–Kier alpha value is -0.920. The number of sulfone groups is 1. The van der Waals surface area contributed by atoms with Crippen molar-refractivity contribution in [2.75, 3.05) is 19.3 Å². The Labute approximate surface area is 120 Å². The molecule has 0 aliphatic carbocycles. The topological polar surface area (TPSA) is 71.5 Å². The molecule has 1 aliphatic rings. The van der Waals surface area contributed by atoms with E-state index in [0.29, 0.717) is 19.0 Å². The smallest absolute Gasteiger partial charge is 0.224 e. The minimum Gasteiger partial charge on any atom is -0.224 e. The standard InChI is InChI=1S/C13H19NO4S2/c1-11-7-9-14(10-8-11)20(17,18)13-6-4-3-5-12(13)19(2,15)16/h3-6,11H,7-10H2,1-2H3. The van der Waals surface area contributed by atoms with Crippen LogP contribution in [0, 0.1) is 5.92 Å². The highest BCUT2D eigenvalue weighted by atomic mass is 32.2. The lowest BCUT2D eigenvalue weighted by Crippen LogP contribution is -2.38. The van der Waals surface area contributed by atoms with Crippen LogP contribution >= 0.6 is 0 Å². The number of benzene rings is 1. The maximum Gasteiger partial charge on any atom is 0.244 e. The molecule has 1 aliphatic heterocycles. The Kier molecular flexibility index (Phi) is 4.22. The van der Waals surface area contributed by atoms with Gasteiger partial charge in [0.1, 0.15) is 4.90 Å². The summed E-state index contributed by atoms with van der Waals surface area (Å²) in [7, 11) is -7.32. The van der Waals surface area contributed by atoms with Gasteiger partial charge in [-0.25, -0.2) is 16.8 Å². The monoisotopic (exact) mass is 317 g/mol. The predicted molar refractivity (Wildman–Crippen MR) is 76.7 cm³/mol. The van der Waals surface area contributed by atoms with Gasteiger partial charge in [0.15, 0.2) is 9.84 Å². The summed E-state index contributed by atoms with van der Waals surface area (Å²) in [5.74, 6) is 0.506. The summed E-state index contributed by atoms with van der Waals surface area (Å²) in [6.45, 7) is 2.98. The second-order valence-electron chi connectivity index (χ2n) is 5.31. The van der Waals surface area contributed by atoms with Crippen LogP contribution in [0.5, 0.6) is 0 Å². The zero-order valence-corrected chi connectivity index (χ0v) is 13.2. The van der Waals surface area contributed by atoms with Gasteiger partial charge in [0.25, 0.3) is 0 Å².